The average molecular weight is 298 g/mol. The minimum absolute atomic E-state index is 0.161. The molecule has 7 nitrogen and oxygen atoms in total. The van der Waals surface area contributed by atoms with Gasteiger partial charge < -0.3 is 14.7 Å². The van der Waals surface area contributed by atoms with E-state index in [2.05, 4.69) is 4.74 Å². The molecular weight excluding hydrogens is 283 g/mol. The van der Waals surface area contributed by atoms with Crippen LogP contribution >= 0.6 is 0 Å². The fourth-order valence-corrected chi connectivity index (χ4v) is 2.32. The number of nitro groups is 1. The molecule has 2 rings (SSSR count). The normalized spacial score (nSPS) is 15.9. The van der Waals surface area contributed by atoms with Crippen molar-refractivity contribution in [2.24, 2.45) is 0 Å². The van der Waals surface area contributed by atoms with Crippen molar-refractivity contribution in [3.63, 3.8) is 0 Å². The molecule has 0 bridgehead atoms. The van der Waals surface area contributed by atoms with E-state index in [1.807, 2.05) is 0 Å². The number of ether oxygens (including phenoxy) is 1. The molecule has 1 aliphatic heterocycles. The minimum atomic E-state index is -0.991. The van der Waals surface area contributed by atoms with Gasteiger partial charge in [-0.15, -0.1) is 0 Å². The molecule has 0 atom stereocenters. The molecule has 0 aliphatic carbocycles. The molecule has 8 heteroatoms. The van der Waals surface area contributed by atoms with Crippen LogP contribution in [0.2, 0.25) is 0 Å². The Labute approximate surface area is 120 Å². The van der Waals surface area contributed by atoms with Crippen LogP contribution in [0.3, 0.4) is 0 Å². The predicted octanol–water partition coefficient (Wildman–Crippen LogP) is 1.48. The zero-order chi connectivity index (χ0) is 15.6. The van der Waals surface area contributed by atoms with Crippen LogP contribution in [0.5, 0.6) is 0 Å². The highest BCUT2D eigenvalue weighted by atomic mass is 19.1. The van der Waals surface area contributed by atoms with Crippen molar-refractivity contribution in [3.8, 4) is 0 Å². The second kappa shape index (κ2) is 6.04. The summed E-state index contributed by atoms with van der Waals surface area (Å²) >= 11 is 0. The zero-order valence-electron chi connectivity index (χ0n) is 11.4. The van der Waals surface area contributed by atoms with Gasteiger partial charge in [0.2, 0.25) is 0 Å². The maximum atomic E-state index is 13.8. The highest BCUT2D eigenvalue weighted by Crippen LogP contribution is 2.33. The van der Waals surface area contributed by atoms with E-state index in [0.717, 1.165) is 19.2 Å². The number of rotatable bonds is 3. The summed E-state index contributed by atoms with van der Waals surface area (Å²) in [6.07, 6.45) is 0.477. The second-order valence-corrected chi connectivity index (χ2v) is 4.79. The molecule has 1 aliphatic rings. The van der Waals surface area contributed by atoms with Gasteiger partial charge in [-0.05, 0) is 18.9 Å². The van der Waals surface area contributed by atoms with Crippen LogP contribution in [0.1, 0.15) is 23.2 Å². The summed E-state index contributed by atoms with van der Waals surface area (Å²) in [5.41, 5.74) is -0.588. The number of nitro benzene ring substituents is 1. The Bertz CT molecular complexity index is 570. The summed E-state index contributed by atoms with van der Waals surface area (Å²) in [6.45, 7) is 0.794. The Morgan fingerprint density at radius 3 is 2.62 bits per heavy atom. The number of piperidine rings is 1. The molecule has 0 aromatic heterocycles. The lowest BCUT2D eigenvalue weighted by Gasteiger charge is -2.31. The summed E-state index contributed by atoms with van der Waals surface area (Å²) in [4.78, 5) is 23.6. The lowest BCUT2D eigenvalue weighted by atomic mass is 10.1. The van der Waals surface area contributed by atoms with E-state index >= 15 is 0 Å². The highest BCUT2D eigenvalue weighted by molar-refractivity contribution is 5.92. The van der Waals surface area contributed by atoms with Gasteiger partial charge >= 0.3 is 5.97 Å². The quantitative estimate of drug-likeness (QED) is 0.516. The summed E-state index contributed by atoms with van der Waals surface area (Å²) in [5.74, 6) is -1.88. The molecule has 1 heterocycles. The van der Waals surface area contributed by atoms with Gasteiger partial charge in [-0.3, -0.25) is 10.1 Å². The van der Waals surface area contributed by atoms with E-state index in [0.29, 0.717) is 25.9 Å². The number of aliphatic hydroxyl groups excluding tert-OH is 1. The Morgan fingerprint density at radius 2 is 2.10 bits per heavy atom. The Morgan fingerprint density at radius 1 is 1.48 bits per heavy atom. The molecule has 0 radical (unpaired) electrons. The monoisotopic (exact) mass is 298 g/mol. The van der Waals surface area contributed by atoms with E-state index in [-0.39, 0.29) is 11.3 Å². The highest BCUT2D eigenvalue weighted by Gasteiger charge is 2.28. The van der Waals surface area contributed by atoms with Crippen LogP contribution in [0.4, 0.5) is 15.8 Å². The van der Waals surface area contributed by atoms with Crippen molar-refractivity contribution < 1.29 is 24.0 Å². The minimum Gasteiger partial charge on any atom is -0.465 e. The lowest BCUT2D eigenvalue weighted by Crippen LogP contribution is -2.36. The van der Waals surface area contributed by atoms with Crippen LogP contribution in [-0.2, 0) is 4.74 Å². The van der Waals surface area contributed by atoms with E-state index in [1.54, 1.807) is 4.90 Å². The molecule has 1 aromatic carbocycles. The third-order valence-electron chi connectivity index (χ3n) is 3.47. The number of nitrogens with zero attached hydrogens (tertiary/aromatic N) is 2. The van der Waals surface area contributed by atoms with Crippen molar-refractivity contribution in [2.45, 2.75) is 18.9 Å². The van der Waals surface area contributed by atoms with Gasteiger partial charge in [-0.1, -0.05) is 0 Å². The number of anilines is 1. The van der Waals surface area contributed by atoms with Crippen LogP contribution < -0.4 is 4.90 Å². The molecule has 1 fully saturated rings. The van der Waals surface area contributed by atoms with Crippen LogP contribution in [-0.4, -0.2) is 42.3 Å². The van der Waals surface area contributed by atoms with E-state index in [9.17, 15) is 24.4 Å². The maximum Gasteiger partial charge on any atom is 0.340 e. The molecular formula is C13H15FN2O5. The fraction of sp³-hybridized carbons (Fsp3) is 0.462. The molecule has 21 heavy (non-hydrogen) atoms. The van der Waals surface area contributed by atoms with Crippen molar-refractivity contribution in [1.29, 1.82) is 0 Å². The van der Waals surface area contributed by atoms with E-state index < -0.39 is 28.5 Å². The first-order valence-corrected chi connectivity index (χ1v) is 6.43. The third kappa shape index (κ3) is 3.10. The Hall–Kier alpha value is -2.22. The van der Waals surface area contributed by atoms with E-state index in [4.69, 9.17) is 0 Å². The number of hydrogen-bond donors (Lipinski definition) is 1. The number of carbonyl (C=O) groups excluding carboxylic acids is 1. The number of hydrogen-bond acceptors (Lipinski definition) is 6. The molecule has 0 saturated carbocycles. The number of carbonyl (C=O) groups is 1. The largest absolute Gasteiger partial charge is 0.465 e. The van der Waals surface area contributed by atoms with Gasteiger partial charge in [0, 0.05) is 13.1 Å². The maximum absolute atomic E-state index is 13.8. The van der Waals surface area contributed by atoms with Crippen LogP contribution in [0, 0.1) is 15.9 Å². The van der Waals surface area contributed by atoms with Gasteiger partial charge in [-0.25, -0.2) is 9.18 Å². The zero-order valence-corrected chi connectivity index (χ0v) is 11.4. The Balaban J connectivity index is 2.45. The predicted molar refractivity (Wildman–Crippen MR) is 71.8 cm³/mol. The number of methoxy groups -OCH3 is 1. The molecule has 114 valence electrons. The van der Waals surface area contributed by atoms with Crippen LogP contribution in [0.25, 0.3) is 0 Å². The van der Waals surface area contributed by atoms with Crippen molar-refractivity contribution in [2.75, 3.05) is 25.1 Å². The summed E-state index contributed by atoms with van der Waals surface area (Å²) in [5, 5.41) is 20.6. The molecule has 0 spiro atoms. The Kier molecular flexibility index (Phi) is 4.37. The van der Waals surface area contributed by atoms with Crippen molar-refractivity contribution >= 4 is 17.3 Å². The molecule has 1 saturated heterocycles. The van der Waals surface area contributed by atoms with E-state index in [1.165, 1.54) is 0 Å². The lowest BCUT2D eigenvalue weighted by molar-refractivity contribution is -0.384. The average Bonchev–Trinajstić information content (AvgIpc) is 2.47. The smallest absolute Gasteiger partial charge is 0.340 e. The first-order valence-electron chi connectivity index (χ1n) is 6.43. The molecule has 1 aromatic rings. The first kappa shape index (κ1) is 15.2. The van der Waals surface area contributed by atoms with Gasteiger partial charge in [0.15, 0.2) is 0 Å². The molecule has 0 unspecified atom stereocenters. The number of esters is 1. The fourth-order valence-electron chi connectivity index (χ4n) is 2.32. The summed E-state index contributed by atoms with van der Waals surface area (Å²) < 4.78 is 18.3. The van der Waals surface area contributed by atoms with Gasteiger partial charge in [0.25, 0.3) is 5.69 Å². The van der Waals surface area contributed by atoms with Gasteiger partial charge in [0.05, 0.1) is 29.8 Å². The summed E-state index contributed by atoms with van der Waals surface area (Å²) in [6, 6.07) is 1.86. The SMILES string of the molecule is COC(=O)c1cc(N2CCC(O)CC2)c([N+](=O)[O-])cc1F. The van der Waals surface area contributed by atoms with Gasteiger partial charge in [-0.2, -0.15) is 0 Å². The first-order chi connectivity index (χ1) is 9.93. The van der Waals surface area contributed by atoms with Crippen molar-refractivity contribution in [1.82, 2.24) is 0 Å². The van der Waals surface area contributed by atoms with Crippen molar-refractivity contribution in [3.05, 3.63) is 33.6 Å². The standard InChI is InChI=1S/C13H15FN2O5/c1-21-13(18)9-6-11(12(16(19)20)7-10(9)14)15-4-2-8(17)3-5-15/h6-8,17H,2-5H2,1H3. The number of benzene rings is 1. The molecule has 1 N–H and O–H groups in total. The molecule has 0 amide bonds. The number of aliphatic hydroxyl groups is 1. The summed E-state index contributed by atoms with van der Waals surface area (Å²) in [7, 11) is 1.11. The topological polar surface area (TPSA) is 92.9 Å². The van der Waals surface area contributed by atoms with Crippen LogP contribution in [0.15, 0.2) is 12.1 Å². The number of halogens is 1. The van der Waals surface area contributed by atoms with Gasteiger partial charge in [0.1, 0.15) is 11.5 Å². The second-order valence-electron chi connectivity index (χ2n) is 4.79. The third-order valence-corrected chi connectivity index (χ3v) is 3.47.